The average Bonchev–Trinajstić information content (AvgIpc) is 2.19. The van der Waals surface area contributed by atoms with Crippen molar-refractivity contribution in [1.82, 2.24) is 4.98 Å². The summed E-state index contributed by atoms with van der Waals surface area (Å²) < 4.78 is 0. The highest BCUT2D eigenvalue weighted by atomic mass is 16.1. The molecule has 3 nitrogen and oxygen atoms in total. The van der Waals surface area contributed by atoms with Crippen LogP contribution in [-0.2, 0) is 0 Å². The van der Waals surface area contributed by atoms with Gasteiger partial charge in [0.05, 0.1) is 5.69 Å². The molecule has 1 N–H and O–H groups in total. The Morgan fingerprint density at radius 1 is 1.60 bits per heavy atom. The van der Waals surface area contributed by atoms with Crippen molar-refractivity contribution in [1.29, 1.82) is 0 Å². The minimum Gasteiger partial charge on any atom is -0.319 e. The Labute approximate surface area is 89.6 Å². The molecule has 4 heteroatoms. The van der Waals surface area contributed by atoms with Crippen molar-refractivity contribution < 1.29 is 4.79 Å². The van der Waals surface area contributed by atoms with Crippen molar-refractivity contribution in [2.24, 2.45) is 0 Å². The first-order valence-electron chi connectivity index (χ1n) is 4.66. The number of pyridine rings is 1. The van der Waals surface area contributed by atoms with Crippen molar-refractivity contribution >= 4 is 19.1 Å². The molecule has 2 radical (unpaired) electrons. The Morgan fingerprint density at radius 3 is 2.67 bits per heavy atom. The van der Waals surface area contributed by atoms with Crippen LogP contribution in [0.5, 0.6) is 0 Å². The van der Waals surface area contributed by atoms with Gasteiger partial charge in [-0.2, -0.15) is 0 Å². The monoisotopic (exact) mass is 201 g/mol. The standard InChI is InChI=1S/C11H12BNO2/c1-4-9(14)10-8(12)5-7(6(2)3)11(15)13-10/h4-6H,1H2,2-3H3,(H,13,15). The summed E-state index contributed by atoms with van der Waals surface area (Å²) in [6.07, 6.45) is 1.12. The maximum atomic E-state index is 11.6. The zero-order valence-corrected chi connectivity index (χ0v) is 8.83. The fourth-order valence-electron chi connectivity index (χ4n) is 1.30. The minimum absolute atomic E-state index is 0.0731. The lowest BCUT2D eigenvalue weighted by Gasteiger charge is -2.08. The molecule has 0 saturated carbocycles. The predicted octanol–water partition coefficient (Wildman–Crippen LogP) is 0.661. The van der Waals surface area contributed by atoms with Gasteiger partial charge in [0.15, 0.2) is 0 Å². The van der Waals surface area contributed by atoms with Crippen molar-refractivity contribution in [3.05, 3.63) is 40.3 Å². The molecule has 0 aliphatic carbocycles. The molecule has 0 aromatic carbocycles. The summed E-state index contributed by atoms with van der Waals surface area (Å²) in [7, 11) is 5.67. The molecule has 0 aliphatic rings. The van der Waals surface area contributed by atoms with E-state index in [2.05, 4.69) is 11.6 Å². The zero-order chi connectivity index (χ0) is 11.6. The van der Waals surface area contributed by atoms with Crippen LogP contribution in [0.2, 0.25) is 0 Å². The van der Waals surface area contributed by atoms with Gasteiger partial charge in [-0.25, -0.2) is 0 Å². The van der Waals surface area contributed by atoms with Gasteiger partial charge in [0.1, 0.15) is 7.85 Å². The number of rotatable bonds is 3. The number of allylic oxidation sites excluding steroid dienone is 1. The van der Waals surface area contributed by atoms with Crippen LogP contribution in [0.3, 0.4) is 0 Å². The molecule has 0 aliphatic heterocycles. The lowest BCUT2D eigenvalue weighted by Crippen LogP contribution is -2.27. The smallest absolute Gasteiger partial charge is 0.251 e. The topological polar surface area (TPSA) is 49.9 Å². The largest absolute Gasteiger partial charge is 0.319 e. The maximum absolute atomic E-state index is 11.6. The van der Waals surface area contributed by atoms with Crippen LogP contribution in [0, 0.1) is 0 Å². The van der Waals surface area contributed by atoms with E-state index < -0.39 is 0 Å². The van der Waals surface area contributed by atoms with Crippen LogP contribution in [0.1, 0.15) is 35.8 Å². The van der Waals surface area contributed by atoms with E-state index >= 15 is 0 Å². The van der Waals surface area contributed by atoms with Gasteiger partial charge >= 0.3 is 0 Å². The number of aromatic amines is 1. The number of hydrogen-bond donors (Lipinski definition) is 1. The summed E-state index contributed by atoms with van der Waals surface area (Å²) in [6.45, 7) is 7.11. The van der Waals surface area contributed by atoms with Gasteiger partial charge in [-0.15, -0.1) is 0 Å². The summed E-state index contributed by atoms with van der Waals surface area (Å²) >= 11 is 0. The summed E-state index contributed by atoms with van der Waals surface area (Å²) in [5.74, 6) is -0.302. The van der Waals surface area contributed by atoms with E-state index in [-0.39, 0.29) is 28.4 Å². The molecular weight excluding hydrogens is 189 g/mol. The van der Waals surface area contributed by atoms with Crippen molar-refractivity contribution in [3.63, 3.8) is 0 Å². The summed E-state index contributed by atoms with van der Waals surface area (Å²) in [5.41, 5.74) is 0.695. The molecular formula is C11H12BNO2. The second-order valence-corrected chi connectivity index (χ2v) is 3.61. The molecule has 76 valence electrons. The first-order chi connectivity index (χ1) is 6.97. The number of carbonyl (C=O) groups is 1. The van der Waals surface area contributed by atoms with E-state index in [1.165, 1.54) is 0 Å². The van der Waals surface area contributed by atoms with Gasteiger partial charge in [0.25, 0.3) is 5.56 Å². The molecule has 1 rings (SSSR count). The molecule has 1 aromatic heterocycles. The quantitative estimate of drug-likeness (QED) is 0.443. The molecule has 1 aromatic rings. The Bertz CT molecular complexity index is 460. The minimum atomic E-state index is -0.375. The summed E-state index contributed by atoms with van der Waals surface area (Å²) in [6, 6.07) is 1.54. The predicted molar refractivity (Wildman–Crippen MR) is 61.1 cm³/mol. The molecule has 0 spiro atoms. The highest BCUT2D eigenvalue weighted by Crippen LogP contribution is 2.07. The van der Waals surface area contributed by atoms with Crippen LogP contribution in [0.4, 0.5) is 0 Å². The van der Waals surface area contributed by atoms with Gasteiger partial charge in [-0.05, 0) is 12.0 Å². The van der Waals surface area contributed by atoms with E-state index in [0.717, 1.165) is 6.08 Å². The number of carbonyl (C=O) groups excluding carboxylic acids is 1. The van der Waals surface area contributed by atoms with E-state index in [1.807, 2.05) is 13.8 Å². The van der Waals surface area contributed by atoms with E-state index in [9.17, 15) is 9.59 Å². The van der Waals surface area contributed by atoms with Gasteiger partial charge in [-0.3, -0.25) is 9.59 Å². The van der Waals surface area contributed by atoms with Crippen LogP contribution < -0.4 is 11.0 Å². The third-order valence-corrected chi connectivity index (χ3v) is 2.15. The molecule has 0 unspecified atom stereocenters. The van der Waals surface area contributed by atoms with E-state index in [1.54, 1.807) is 6.07 Å². The van der Waals surface area contributed by atoms with Crippen molar-refractivity contribution in [3.8, 4) is 0 Å². The number of aromatic nitrogens is 1. The molecule has 1 heterocycles. The Kier molecular flexibility index (Phi) is 3.30. The molecule has 0 atom stereocenters. The molecule has 0 fully saturated rings. The lowest BCUT2D eigenvalue weighted by molar-refractivity contribution is 0.104. The molecule has 15 heavy (non-hydrogen) atoms. The van der Waals surface area contributed by atoms with Crippen LogP contribution in [0.25, 0.3) is 0 Å². The van der Waals surface area contributed by atoms with Crippen LogP contribution in [0.15, 0.2) is 23.5 Å². The van der Waals surface area contributed by atoms with E-state index in [4.69, 9.17) is 7.85 Å². The fraction of sp³-hybridized carbons (Fsp3) is 0.273. The van der Waals surface area contributed by atoms with Gasteiger partial charge in [-0.1, -0.05) is 32.0 Å². The van der Waals surface area contributed by atoms with Gasteiger partial charge < -0.3 is 4.98 Å². The zero-order valence-electron chi connectivity index (χ0n) is 8.83. The number of ketones is 1. The maximum Gasteiger partial charge on any atom is 0.251 e. The first kappa shape index (κ1) is 11.5. The van der Waals surface area contributed by atoms with Crippen molar-refractivity contribution in [2.75, 3.05) is 0 Å². The second-order valence-electron chi connectivity index (χ2n) is 3.61. The highest BCUT2D eigenvalue weighted by molar-refractivity contribution is 6.36. The molecule has 0 bridgehead atoms. The average molecular weight is 201 g/mol. The van der Waals surface area contributed by atoms with E-state index in [0.29, 0.717) is 5.56 Å². The SMILES string of the molecule is [B]c1cc(C(C)C)c(=O)[nH]c1C(=O)C=C. The lowest BCUT2D eigenvalue weighted by atomic mass is 9.89. The number of nitrogens with one attached hydrogen (secondary N) is 1. The fourth-order valence-corrected chi connectivity index (χ4v) is 1.30. The Morgan fingerprint density at radius 2 is 2.20 bits per heavy atom. The molecule has 0 saturated heterocycles. The Balaban J connectivity index is 3.38. The first-order valence-corrected chi connectivity index (χ1v) is 4.66. The highest BCUT2D eigenvalue weighted by Gasteiger charge is 2.11. The second kappa shape index (κ2) is 4.30. The normalized spacial score (nSPS) is 10.3. The van der Waals surface area contributed by atoms with Gasteiger partial charge in [0, 0.05) is 5.56 Å². The number of hydrogen-bond acceptors (Lipinski definition) is 2. The Hall–Kier alpha value is -1.58. The summed E-state index contributed by atoms with van der Waals surface area (Å²) in [4.78, 5) is 25.3. The summed E-state index contributed by atoms with van der Waals surface area (Å²) in [5, 5.41) is 0. The van der Waals surface area contributed by atoms with Crippen LogP contribution in [-0.4, -0.2) is 18.6 Å². The number of H-pyrrole nitrogens is 1. The van der Waals surface area contributed by atoms with Gasteiger partial charge in [0.2, 0.25) is 5.78 Å². The third kappa shape index (κ3) is 2.26. The van der Waals surface area contributed by atoms with Crippen LogP contribution >= 0.6 is 0 Å². The third-order valence-electron chi connectivity index (χ3n) is 2.15. The molecule has 0 amide bonds. The van der Waals surface area contributed by atoms with Crippen molar-refractivity contribution in [2.45, 2.75) is 19.8 Å².